The Morgan fingerprint density at radius 2 is 2.00 bits per heavy atom. The van der Waals surface area contributed by atoms with Crippen molar-refractivity contribution in [1.82, 2.24) is 10.3 Å². The summed E-state index contributed by atoms with van der Waals surface area (Å²) in [5.74, 6) is 0.322. The van der Waals surface area contributed by atoms with Crippen molar-refractivity contribution in [1.29, 1.82) is 0 Å². The van der Waals surface area contributed by atoms with E-state index < -0.39 is 0 Å². The molecule has 3 aromatic rings. The molecule has 22 heavy (non-hydrogen) atoms. The Balaban J connectivity index is 1.87. The van der Waals surface area contributed by atoms with Crippen molar-refractivity contribution >= 4 is 40.0 Å². The number of hydrogen-bond donors (Lipinski definition) is 2. The van der Waals surface area contributed by atoms with E-state index in [0.717, 1.165) is 22.4 Å². The van der Waals surface area contributed by atoms with Crippen LogP contribution in [0.1, 0.15) is 6.92 Å². The van der Waals surface area contributed by atoms with Crippen LogP contribution in [-0.4, -0.2) is 16.0 Å². The van der Waals surface area contributed by atoms with Crippen molar-refractivity contribution in [3.63, 3.8) is 0 Å². The molecule has 5 nitrogen and oxygen atoms in total. The minimum absolute atomic E-state index is 0.215. The molecule has 1 heterocycles. The first kappa shape index (κ1) is 14.2. The highest BCUT2D eigenvalue weighted by Crippen LogP contribution is 2.25. The van der Waals surface area contributed by atoms with E-state index in [1.54, 1.807) is 0 Å². The van der Waals surface area contributed by atoms with Crippen LogP contribution in [0.25, 0.3) is 22.6 Å². The Kier molecular flexibility index (Phi) is 3.84. The minimum atomic E-state index is -0.215. The molecule has 110 valence electrons. The van der Waals surface area contributed by atoms with Gasteiger partial charge in [-0.1, -0.05) is 18.2 Å². The molecule has 2 N–H and O–H groups in total. The minimum Gasteiger partial charge on any atom is -0.436 e. The number of amides is 1. The van der Waals surface area contributed by atoms with Crippen molar-refractivity contribution in [2.24, 2.45) is 0 Å². The summed E-state index contributed by atoms with van der Waals surface area (Å²) in [7, 11) is 0. The highest BCUT2D eigenvalue weighted by molar-refractivity contribution is 7.80. The van der Waals surface area contributed by atoms with E-state index in [1.165, 1.54) is 6.92 Å². The fourth-order valence-electron chi connectivity index (χ4n) is 2.05. The van der Waals surface area contributed by atoms with Crippen molar-refractivity contribution in [3.8, 4) is 11.5 Å². The second-order valence-electron chi connectivity index (χ2n) is 4.70. The van der Waals surface area contributed by atoms with E-state index >= 15 is 0 Å². The summed E-state index contributed by atoms with van der Waals surface area (Å²) in [4.78, 5) is 15.4. The molecule has 0 fully saturated rings. The smallest absolute Gasteiger partial charge is 0.227 e. The highest BCUT2D eigenvalue weighted by atomic mass is 32.1. The van der Waals surface area contributed by atoms with E-state index in [2.05, 4.69) is 15.6 Å². The van der Waals surface area contributed by atoms with E-state index in [9.17, 15) is 4.79 Å². The van der Waals surface area contributed by atoms with Gasteiger partial charge in [-0.3, -0.25) is 4.79 Å². The summed E-state index contributed by atoms with van der Waals surface area (Å²) in [5, 5.41) is 5.71. The van der Waals surface area contributed by atoms with Gasteiger partial charge in [-0.25, -0.2) is 4.98 Å². The largest absolute Gasteiger partial charge is 0.436 e. The fraction of sp³-hybridized carbons (Fsp3) is 0.0625. The molecule has 0 spiro atoms. The maximum Gasteiger partial charge on any atom is 0.227 e. The van der Waals surface area contributed by atoms with Crippen LogP contribution in [0.4, 0.5) is 5.69 Å². The van der Waals surface area contributed by atoms with Gasteiger partial charge in [-0.05, 0) is 42.5 Å². The molecule has 0 saturated heterocycles. The van der Waals surface area contributed by atoms with E-state index in [4.69, 9.17) is 16.6 Å². The first-order valence-electron chi connectivity index (χ1n) is 6.66. The van der Waals surface area contributed by atoms with Gasteiger partial charge in [0.05, 0.1) is 0 Å². The maximum atomic E-state index is 11.0. The molecule has 0 bridgehead atoms. The number of thiocarbonyl (C=S) groups is 1. The lowest BCUT2D eigenvalue weighted by molar-refractivity contribution is -0.117. The van der Waals surface area contributed by atoms with Crippen molar-refractivity contribution < 1.29 is 9.21 Å². The lowest BCUT2D eigenvalue weighted by Gasteiger charge is -2.08. The van der Waals surface area contributed by atoms with Crippen LogP contribution in [0.15, 0.2) is 52.9 Å². The second-order valence-corrected chi connectivity index (χ2v) is 5.11. The van der Waals surface area contributed by atoms with Gasteiger partial charge < -0.3 is 15.1 Å². The zero-order valence-corrected chi connectivity index (χ0v) is 12.6. The van der Waals surface area contributed by atoms with Gasteiger partial charge in [0.2, 0.25) is 11.8 Å². The Hall–Kier alpha value is -2.73. The Morgan fingerprint density at radius 3 is 2.77 bits per heavy atom. The Bertz CT molecular complexity index is 824. The van der Waals surface area contributed by atoms with Crippen LogP contribution in [0.5, 0.6) is 0 Å². The highest BCUT2D eigenvalue weighted by Gasteiger charge is 2.08. The monoisotopic (exact) mass is 311 g/mol. The molecule has 2 aromatic carbocycles. The van der Waals surface area contributed by atoms with Crippen molar-refractivity contribution in [2.45, 2.75) is 6.92 Å². The van der Waals surface area contributed by atoms with Crippen LogP contribution < -0.4 is 10.6 Å². The quantitative estimate of drug-likeness (QED) is 0.711. The van der Waals surface area contributed by atoms with Crippen LogP contribution in [0.2, 0.25) is 0 Å². The van der Waals surface area contributed by atoms with Crippen molar-refractivity contribution in [3.05, 3.63) is 48.5 Å². The van der Waals surface area contributed by atoms with Gasteiger partial charge in [0.25, 0.3) is 0 Å². The number of fused-ring (bicyclic) bond motifs is 1. The SMILES string of the molecule is CC(=O)NC(=S)Nc1cccc(-c2nc3ccccc3o2)c1. The summed E-state index contributed by atoms with van der Waals surface area (Å²) in [6.07, 6.45) is 0. The summed E-state index contributed by atoms with van der Waals surface area (Å²) in [5.41, 5.74) is 3.12. The lowest BCUT2D eigenvalue weighted by atomic mass is 10.2. The lowest BCUT2D eigenvalue weighted by Crippen LogP contribution is -2.32. The molecule has 0 aliphatic heterocycles. The molecule has 6 heteroatoms. The van der Waals surface area contributed by atoms with Crippen LogP contribution in [0.3, 0.4) is 0 Å². The predicted molar refractivity (Wildman–Crippen MR) is 89.5 cm³/mol. The van der Waals surface area contributed by atoms with E-state index in [-0.39, 0.29) is 11.0 Å². The molecule has 3 rings (SSSR count). The normalized spacial score (nSPS) is 10.4. The summed E-state index contributed by atoms with van der Waals surface area (Å²) < 4.78 is 5.74. The number of benzene rings is 2. The number of carbonyl (C=O) groups excluding carboxylic acids is 1. The van der Waals surface area contributed by atoms with Crippen LogP contribution in [-0.2, 0) is 4.79 Å². The van der Waals surface area contributed by atoms with Gasteiger partial charge >= 0.3 is 0 Å². The summed E-state index contributed by atoms with van der Waals surface area (Å²) >= 11 is 5.04. The zero-order valence-electron chi connectivity index (χ0n) is 11.8. The molecular formula is C16H13N3O2S. The van der Waals surface area contributed by atoms with Gasteiger partial charge in [-0.2, -0.15) is 0 Å². The number of para-hydroxylation sites is 2. The third-order valence-corrected chi connectivity index (χ3v) is 3.15. The average molecular weight is 311 g/mol. The molecule has 0 radical (unpaired) electrons. The average Bonchev–Trinajstić information content (AvgIpc) is 2.90. The molecule has 0 aliphatic carbocycles. The number of aromatic nitrogens is 1. The van der Waals surface area contributed by atoms with E-state index in [0.29, 0.717) is 5.89 Å². The number of nitrogens with one attached hydrogen (secondary N) is 2. The second kappa shape index (κ2) is 5.95. The number of nitrogens with zero attached hydrogens (tertiary/aromatic N) is 1. The van der Waals surface area contributed by atoms with Crippen LogP contribution in [0, 0.1) is 0 Å². The number of rotatable bonds is 2. The molecule has 1 aromatic heterocycles. The summed E-state index contributed by atoms with van der Waals surface area (Å²) in [6.45, 7) is 1.41. The van der Waals surface area contributed by atoms with Crippen molar-refractivity contribution in [2.75, 3.05) is 5.32 Å². The first-order valence-corrected chi connectivity index (χ1v) is 7.07. The number of carbonyl (C=O) groups is 1. The van der Waals surface area contributed by atoms with Gasteiger partial charge in [0, 0.05) is 18.2 Å². The van der Waals surface area contributed by atoms with Gasteiger partial charge in [0.15, 0.2) is 10.7 Å². The maximum absolute atomic E-state index is 11.0. The zero-order chi connectivity index (χ0) is 15.5. The number of oxazole rings is 1. The topological polar surface area (TPSA) is 67.2 Å². The number of hydrogen-bond acceptors (Lipinski definition) is 4. The molecule has 0 aliphatic rings. The Morgan fingerprint density at radius 1 is 1.18 bits per heavy atom. The standard InChI is InChI=1S/C16H13N3O2S/c1-10(20)17-16(22)18-12-6-4-5-11(9-12)15-19-13-7-2-3-8-14(13)21-15/h2-9H,1H3,(H2,17,18,20,22). The fourth-order valence-corrected chi connectivity index (χ4v) is 2.31. The molecule has 0 saturated carbocycles. The number of anilines is 1. The van der Waals surface area contributed by atoms with Crippen LogP contribution >= 0.6 is 12.2 Å². The van der Waals surface area contributed by atoms with Gasteiger partial charge in [0.1, 0.15) is 5.52 Å². The third-order valence-electron chi connectivity index (χ3n) is 2.95. The Labute approximate surface area is 132 Å². The predicted octanol–water partition coefficient (Wildman–Crippen LogP) is 3.33. The molecule has 1 amide bonds. The first-order chi connectivity index (χ1) is 10.6. The summed E-state index contributed by atoms with van der Waals surface area (Å²) in [6, 6.07) is 15.1. The molecular weight excluding hydrogens is 298 g/mol. The molecule has 0 unspecified atom stereocenters. The van der Waals surface area contributed by atoms with E-state index in [1.807, 2.05) is 48.5 Å². The third kappa shape index (κ3) is 3.12. The molecule has 0 atom stereocenters. The van der Waals surface area contributed by atoms with Gasteiger partial charge in [-0.15, -0.1) is 0 Å².